The maximum Gasteiger partial charge on any atom is 0.327 e. The molecule has 2 fully saturated rings. The Balaban J connectivity index is 1.87. The maximum atomic E-state index is 14.1. The molecule has 2 aromatic rings. The van der Waals surface area contributed by atoms with Crippen LogP contribution in [0.15, 0.2) is 48.5 Å². The number of rotatable bonds is 7. The van der Waals surface area contributed by atoms with Crippen molar-refractivity contribution in [1.29, 1.82) is 0 Å². The molecular weight excluding hydrogens is 439 g/mol. The van der Waals surface area contributed by atoms with Gasteiger partial charge in [0.25, 0.3) is 0 Å². The van der Waals surface area contributed by atoms with Gasteiger partial charge in [-0.1, -0.05) is 37.6 Å². The Labute approximate surface area is 197 Å². The van der Waals surface area contributed by atoms with Crippen molar-refractivity contribution in [2.45, 2.75) is 45.2 Å². The summed E-state index contributed by atoms with van der Waals surface area (Å²) in [7, 11) is 0. The number of anilines is 1. The van der Waals surface area contributed by atoms with Gasteiger partial charge in [-0.25, -0.2) is 9.29 Å². The third-order valence-corrected chi connectivity index (χ3v) is 6.66. The van der Waals surface area contributed by atoms with E-state index in [-0.39, 0.29) is 24.5 Å². The van der Waals surface area contributed by atoms with Crippen molar-refractivity contribution in [3.63, 3.8) is 0 Å². The minimum Gasteiger partial charge on any atom is -0.465 e. The predicted molar refractivity (Wildman–Crippen MR) is 122 cm³/mol. The highest BCUT2D eigenvalue weighted by atomic mass is 19.1. The van der Waals surface area contributed by atoms with E-state index in [0.29, 0.717) is 17.5 Å². The first-order valence-electron chi connectivity index (χ1n) is 11.4. The van der Waals surface area contributed by atoms with Crippen molar-refractivity contribution in [3.05, 3.63) is 65.5 Å². The molecule has 2 heterocycles. The zero-order chi connectivity index (χ0) is 24.6. The summed E-state index contributed by atoms with van der Waals surface area (Å²) in [5.74, 6) is -4.30. The molecule has 0 aliphatic carbocycles. The van der Waals surface area contributed by atoms with Crippen LogP contribution in [0.4, 0.5) is 10.1 Å². The highest BCUT2D eigenvalue weighted by Crippen LogP contribution is 2.51. The molecule has 4 atom stereocenters. The van der Waals surface area contributed by atoms with Crippen LogP contribution in [-0.4, -0.2) is 35.7 Å². The van der Waals surface area contributed by atoms with Gasteiger partial charge in [0.15, 0.2) is 5.78 Å². The molecule has 7 nitrogen and oxygen atoms in total. The number of amides is 2. The summed E-state index contributed by atoms with van der Waals surface area (Å²) in [6, 6.07) is 11.3. The summed E-state index contributed by atoms with van der Waals surface area (Å²) in [6.07, 6.45) is 0.811. The fourth-order valence-corrected chi connectivity index (χ4v) is 5.28. The van der Waals surface area contributed by atoms with E-state index in [1.54, 1.807) is 31.2 Å². The van der Waals surface area contributed by atoms with E-state index < -0.39 is 47.0 Å². The summed E-state index contributed by atoms with van der Waals surface area (Å²) in [5, 5.41) is 3.23. The Bertz CT molecular complexity index is 1170. The standard InChI is InChI=1S/C26H27FN2O5/c1-4-12-26(25(33)34-5-2)21-20(22(28-26)17-9-6-10-18(27)13-17)23(31)29(24(21)32)19-11-7-8-16(14-19)15(3)30/h6-11,13-14,20-22,28H,4-5,12H2,1-3H3/t20-,21+,22+,26-/m0/s1. The lowest BCUT2D eigenvalue weighted by atomic mass is 9.77. The molecule has 2 aliphatic heterocycles. The van der Waals surface area contributed by atoms with Crippen LogP contribution in [-0.2, 0) is 19.1 Å². The average molecular weight is 467 g/mol. The van der Waals surface area contributed by atoms with Crippen LogP contribution in [0.1, 0.15) is 55.6 Å². The minimum absolute atomic E-state index is 0.112. The number of ketones is 1. The number of imide groups is 1. The lowest BCUT2D eigenvalue weighted by Crippen LogP contribution is -2.56. The van der Waals surface area contributed by atoms with E-state index in [9.17, 15) is 23.6 Å². The van der Waals surface area contributed by atoms with E-state index in [2.05, 4.69) is 5.32 Å². The zero-order valence-corrected chi connectivity index (χ0v) is 19.3. The maximum absolute atomic E-state index is 14.1. The average Bonchev–Trinajstić information content (AvgIpc) is 3.28. The van der Waals surface area contributed by atoms with Crippen LogP contribution >= 0.6 is 0 Å². The summed E-state index contributed by atoms with van der Waals surface area (Å²) in [4.78, 5) is 53.8. The molecule has 1 N–H and O–H groups in total. The highest BCUT2D eigenvalue weighted by Gasteiger charge is 2.68. The van der Waals surface area contributed by atoms with Crippen LogP contribution in [0.25, 0.3) is 0 Å². The molecule has 34 heavy (non-hydrogen) atoms. The number of fused-ring (bicyclic) bond motifs is 1. The van der Waals surface area contributed by atoms with Crippen molar-refractivity contribution in [2.24, 2.45) is 11.8 Å². The summed E-state index contributed by atoms with van der Waals surface area (Å²) in [6.45, 7) is 5.07. The fraction of sp³-hybridized carbons (Fsp3) is 0.385. The number of halogens is 1. The molecule has 4 rings (SSSR count). The quantitative estimate of drug-likeness (QED) is 0.381. The second-order valence-corrected chi connectivity index (χ2v) is 8.74. The summed E-state index contributed by atoms with van der Waals surface area (Å²) >= 11 is 0. The first-order valence-corrected chi connectivity index (χ1v) is 11.4. The van der Waals surface area contributed by atoms with Crippen LogP contribution in [0.5, 0.6) is 0 Å². The molecule has 2 amide bonds. The van der Waals surface area contributed by atoms with Gasteiger partial charge in [0, 0.05) is 11.6 Å². The van der Waals surface area contributed by atoms with Gasteiger partial charge in [-0.3, -0.25) is 24.5 Å². The number of esters is 1. The van der Waals surface area contributed by atoms with E-state index in [4.69, 9.17) is 4.74 Å². The van der Waals surface area contributed by atoms with Crippen molar-refractivity contribution >= 4 is 29.3 Å². The molecule has 0 radical (unpaired) electrons. The fourth-order valence-electron chi connectivity index (χ4n) is 5.28. The predicted octanol–water partition coefficient (Wildman–Crippen LogP) is 3.58. The minimum atomic E-state index is -1.44. The van der Waals surface area contributed by atoms with Crippen molar-refractivity contribution < 1.29 is 28.3 Å². The Morgan fingerprint density at radius 2 is 1.82 bits per heavy atom. The number of ether oxygens (including phenoxy) is 1. The molecule has 2 aliphatic rings. The van der Waals surface area contributed by atoms with Crippen molar-refractivity contribution in [2.75, 3.05) is 11.5 Å². The smallest absolute Gasteiger partial charge is 0.327 e. The van der Waals surface area contributed by atoms with Gasteiger partial charge < -0.3 is 4.74 Å². The SMILES string of the molecule is CCC[C@]1(C(=O)OCC)N[C@H](c2cccc(F)c2)[C@H]2C(=O)N(c3cccc(C(C)=O)c3)C(=O)[C@@H]21. The summed E-state index contributed by atoms with van der Waals surface area (Å²) in [5.41, 5.74) is -0.339. The molecule has 2 saturated heterocycles. The number of hydrogen-bond acceptors (Lipinski definition) is 6. The van der Waals surface area contributed by atoms with E-state index >= 15 is 0 Å². The molecule has 0 aromatic heterocycles. The van der Waals surface area contributed by atoms with Crippen LogP contribution in [0.3, 0.4) is 0 Å². The zero-order valence-electron chi connectivity index (χ0n) is 19.3. The molecule has 0 spiro atoms. The van der Waals surface area contributed by atoms with Gasteiger partial charge in [0.2, 0.25) is 11.8 Å². The van der Waals surface area contributed by atoms with Crippen LogP contribution in [0.2, 0.25) is 0 Å². The second-order valence-electron chi connectivity index (χ2n) is 8.74. The van der Waals surface area contributed by atoms with Gasteiger partial charge in [-0.2, -0.15) is 0 Å². The first-order chi connectivity index (χ1) is 16.2. The third kappa shape index (κ3) is 3.72. The number of nitrogens with zero attached hydrogens (tertiary/aromatic N) is 1. The van der Waals surface area contributed by atoms with E-state index in [1.807, 2.05) is 6.92 Å². The van der Waals surface area contributed by atoms with Gasteiger partial charge in [0.1, 0.15) is 11.4 Å². The second kappa shape index (κ2) is 9.10. The molecule has 8 heteroatoms. The number of carbonyl (C=O) groups is 4. The van der Waals surface area contributed by atoms with E-state index in [1.165, 1.54) is 31.2 Å². The summed E-state index contributed by atoms with van der Waals surface area (Å²) < 4.78 is 19.5. The van der Waals surface area contributed by atoms with Crippen LogP contribution in [0, 0.1) is 17.7 Å². The first kappa shape index (κ1) is 23.8. The lowest BCUT2D eigenvalue weighted by Gasteiger charge is -2.32. The molecule has 0 bridgehead atoms. The topological polar surface area (TPSA) is 92.8 Å². The molecule has 2 aromatic carbocycles. The Morgan fingerprint density at radius 3 is 2.47 bits per heavy atom. The number of benzene rings is 2. The van der Waals surface area contributed by atoms with Gasteiger partial charge in [-0.05, 0) is 50.1 Å². The Hall–Kier alpha value is -3.39. The van der Waals surface area contributed by atoms with Crippen LogP contribution < -0.4 is 10.2 Å². The number of hydrogen-bond donors (Lipinski definition) is 1. The van der Waals surface area contributed by atoms with Gasteiger partial charge >= 0.3 is 5.97 Å². The third-order valence-electron chi connectivity index (χ3n) is 6.66. The Morgan fingerprint density at radius 1 is 1.09 bits per heavy atom. The van der Waals surface area contributed by atoms with Gasteiger partial charge in [-0.15, -0.1) is 0 Å². The molecule has 178 valence electrons. The van der Waals surface area contributed by atoms with Gasteiger partial charge in [0.05, 0.1) is 24.1 Å². The van der Waals surface area contributed by atoms with E-state index in [0.717, 1.165) is 4.90 Å². The number of Topliss-reactive ketones (excluding diaryl/α,β-unsaturated/α-hetero) is 1. The largest absolute Gasteiger partial charge is 0.465 e. The van der Waals surface area contributed by atoms with Crippen molar-refractivity contribution in [3.8, 4) is 0 Å². The highest BCUT2D eigenvalue weighted by molar-refractivity contribution is 6.24. The normalized spacial score (nSPS) is 26.0. The number of nitrogens with one attached hydrogen (secondary N) is 1. The Kier molecular flexibility index (Phi) is 6.36. The lowest BCUT2D eigenvalue weighted by molar-refractivity contribution is -0.155. The molecular formula is C26H27FN2O5. The monoisotopic (exact) mass is 466 g/mol. The molecule has 0 unspecified atom stereocenters. The van der Waals surface area contributed by atoms with Crippen molar-refractivity contribution in [1.82, 2.24) is 5.32 Å². The number of carbonyl (C=O) groups excluding carboxylic acids is 4. The molecule has 0 saturated carbocycles.